The molecule has 136 valence electrons. The van der Waals surface area contributed by atoms with E-state index in [1.807, 2.05) is 36.4 Å². The van der Waals surface area contributed by atoms with Gasteiger partial charge in [0.25, 0.3) is 5.91 Å². The highest BCUT2D eigenvalue weighted by atomic mass is 79.9. The van der Waals surface area contributed by atoms with Gasteiger partial charge in [0.15, 0.2) is 0 Å². The summed E-state index contributed by atoms with van der Waals surface area (Å²) in [6.07, 6.45) is 1.64. The highest BCUT2D eigenvalue weighted by Gasteiger charge is 2.33. The number of thiocarbonyl (C=S) groups is 1. The zero-order valence-electron chi connectivity index (χ0n) is 13.5. The normalized spacial score (nSPS) is 16.1. The van der Waals surface area contributed by atoms with Crippen LogP contribution in [0.3, 0.4) is 0 Å². The van der Waals surface area contributed by atoms with Crippen LogP contribution in [0.1, 0.15) is 11.3 Å². The van der Waals surface area contributed by atoms with Gasteiger partial charge in [0.2, 0.25) is 0 Å². The van der Waals surface area contributed by atoms with Crippen molar-refractivity contribution in [3.05, 3.63) is 73.2 Å². The Morgan fingerprint density at radius 3 is 2.78 bits per heavy atom. The van der Waals surface area contributed by atoms with Crippen LogP contribution >= 0.6 is 63.1 Å². The number of carbonyl (C=O) groups is 1. The lowest BCUT2D eigenvalue weighted by Crippen LogP contribution is -2.27. The van der Waals surface area contributed by atoms with E-state index in [1.54, 1.807) is 12.1 Å². The van der Waals surface area contributed by atoms with Crippen molar-refractivity contribution < 1.29 is 9.21 Å². The predicted molar refractivity (Wildman–Crippen MR) is 119 cm³/mol. The van der Waals surface area contributed by atoms with E-state index >= 15 is 0 Å². The van der Waals surface area contributed by atoms with Crippen LogP contribution in [0.5, 0.6) is 0 Å². The quantitative estimate of drug-likeness (QED) is 0.290. The van der Waals surface area contributed by atoms with E-state index in [-0.39, 0.29) is 5.91 Å². The summed E-state index contributed by atoms with van der Waals surface area (Å²) in [7, 11) is 0. The molecule has 4 rings (SSSR count). The smallest absolute Gasteiger partial charge is 0.266 e. The fourth-order valence-corrected chi connectivity index (χ4v) is 4.73. The molecule has 0 saturated carbocycles. The van der Waals surface area contributed by atoms with Gasteiger partial charge in [-0.1, -0.05) is 81.3 Å². The van der Waals surface area contributed by atoms with E-state index in [9.17, 15) is 4.79 Å². The van der Waals surface area contributed by atoms with Gasteiger partial charge < -0.3 is 4.42 Å². The highest BCUT2D eigenvalue weighted by molar-refractivity contribution is 9.10. The molecule has 1 aliphatic heterocycles. The Bertz CT molecular complexity index is 1130. The highest BCUT2D eigenvalue weighted by Crippen LogP contribution is 2.38. The molecule has 1 fully saturated rings. The summed E-state index contributed by atoms with van der Waals surface area (Å²) < 4.78 is 7.17. The fraction of sp³-hybridized carbons (Fsp3) is 0.0526. The molecule has 0 unspecified atom stereocenters. The summed E-state index contributed by atoms with van der Waals surface area (Å²) in [6.45, 7) is 0.322. The average molecular weight is 499 g/mol. The maximum Gasteiger partial charge on any atom is 0.266 e. The van der Waals surface area contributed by atoms with Crippen molar-refractivity contribution in [2.45, 2.75) is 6.54 Å². The zero-order chi connectivity index (χ0) is 19.1. The van der Waals surface area contributed by atoms with Gasteiger partial charge in [-0.2, -0.15) is 0 Å². The van der Waals surface area contributed by atoms with E-state index in [0.717, 1.165) is 15.4 Å². The van der Waals surface area contributed by atoms with Crippen molar-refractivity contribution in [2.75, 3.05) is 0 Å². The van der Waals surface area contributed by atoms with E-state index in [1.165, 1.54) is 16.7 Å². The molecule has 0 N–H and O–H groups in total. The molecular weight excluding hydrogens is 489 g/mol. The Kier molecular flexibility index (Phi) is 5.36. The molecule has 0 atom stereocenters. The number of furan rings is 1. The zero-order valence-corrected chi connectivity index (χ0v) is 18.3. The molecule has 1 saturated heterocycles. The second kappa shape index (κ2) is 7.60. The van der Waals surface area contributed by atoms with Crippen molar-refractivity contribution in [2.24, 2.45) is 0 Å². The number of benzene rings is 2. The molecule has 1 aromatic heterocycles. The summed E-state index contributed by atoms with van der Waals surface area (Å²) in [5.74, 6) is 0.241. The van der Waals surface area contributed by atoms with Crippen molar-refractivity contribution in [1.82, 2.24) is 4.90 Å². The van der Waals surface area contributed by atoms with Gasteiger partial charge in [0, 0.05) is 21.0 Å². The third kappa shape index (κ3) is 3.69. The molecule has 0 radical (unpaired) electrons. The standard InChI is InChI=1S/C19H10BrCl2NO2S2/c20-11-5-6-14-12(7-11)17(22)15(25-14)8-16-18(24)23(19(26)27-16)9-10-3-1-2-4-13(10)21/h1-8H,9H2/b16-8-. The summed E-state index contributed by atoms with van der Waals surface area (Å²) in [5, 5.41) is 1.84. The number of rotatable bonds is 3. The van der Waals surface area contributed by atoms with Crippen LogP contribution in [0.4, 0.5) is 0 Å². The maximum absolute atomic E-state index is 12.8. The SMILES string of the molecule is O=C1/C(=C/c2oc3ccc(Br)cc3c2Cl)SC(=S)N1Cc1ccccc1Cl. The molecule has 1 amide bonds. The van der Waals surface area contributed by atoms with Crippen molar-refractivity contribution in [3.8, 4) is 0 Å². The topological polar surface area (TPSA) is 33.5 Å². The lowest BCUT2D eigenvalue weighted by Gasteiger charge is -2.15. The van der Waals surface area contributed by atoms with E-state index in [2.05, 4.69) is 15.9 Å². The first kappa shape index (κ1) is 19.0. The Balaban J connectivity index is 1.65. The molecule has 3 aromatic rings. The Morgan fingerprint density at radius 1 is 1.22 bits per heavy atom. The number of carbonyl (C=O) groups excluding carboxylic acids is 1. The number of halogens is 3. The minimum Gasteiger partial charge on any atom is -0.455 e. The predicted octanol–water partition coefficient (Wildman–Crippen LogP) is 6.90. The molecule has 27 heavy (non-hydrogen) atoms. The molecule has 0 aliphatic carbocycles. The van der Waals surface area contributed by atoms with Crippen molar-refractivity contribution in [1.29, 1.82) is 0 Å². The minimum atomic E-state index is -0.192. The lowest BCUT2D eigenvalue weighted by molar-refractivity contribution is -0.122. The molecular formula is C19H10BrCl2NO2S2. The van der Waals surface area contributed by atoms with E-state index in [4.69, 9.17) is 39.8 Å². The van der Waals surface area contributed by atoms with Gasteiger partial charge in [-0.15, -0.1) is 0 Å². The van der Waals surface area contributed by atoms with Gasteiger partial charge in [-0.3, -0.25) is 9.69 Å². The minimum absolute atomic E-state index is 0.192. The molecule has 2 aromatic carbocycles. The average Bonchev–Trinajstić information content (AvgIpc) is 3.08. The Morgan fingerprint density at radius 2 is 2.00 bits per heavy atom. The summed E-state index contributed by atoms with van der Waals surface area (Å²) >= 11 is 22.7. The number of thioether (sulfide) groups is 1. The number of nitrogens with zero attached hydrogens (tertiary/aromatic N) is 1. The van der Waals surface area contributed by atoms with Crippen molar-refractivity contribution >= 4 is 90.4 Å². The number of amides is 1. The first-order chi connectivity index (χ1) is 12.9. The maximum atomic E-state index is 12.8. The molecule has 1 aliphatic rings. The largest absolute Gasteiger partial charge is 0.455 e. The van der Waals surface area contributed by atoms with Crippen LogP contribution in [-0.2, 0) is 11.3 Å². The van der Waals surface area contributed by atoms with Gasteiger partial charge in [-0.25, -0.2) is 0 Å². The van der Waals surface area contributed by atoms with Gasteiger partial charge in [0.1, 0.15) is 15.7 Å². The summed E-state index contributed by atoms with van der Waals surface area (Å²) in [4.78, 5) is 14.8. The lowest BCUT2D eigenvalue weighted by atomic mass is 10.2. The van der Waals surface area contributed by atoms with E-state index < -0.39 is 0 Å². The van der Waals surface area contributed by atoms with E-state index in [0.29, 0.717) is 37.2 Å². The number of fused-ring (bicyclic) bond motifs is 1. The van der Waals surface area contributed by atoms with Crippen LogP contribution in [0.2, 0.25) is 10.0 Å². The first-order valence-electron chi connectivity index (χ1n) is 7.80. The van der Waals surface area contributed by atoms with Gasteiger partial charge in [0.05, 0.1) is 16.5 Å². The van der Waals surface area contributed by atoms with Crippen LogP contribution in [0, 0.1) is 0 Å². The van der Waals surface area contributed by atoms with Crippen LogP contribution < -0.4 is 0 Å². The van der Waals surface area contributed by atoms with Crippen LogP contribution in [0.25, 0.3) is 17.0 Å². The molecule has 3 nitrogen and oxygen atoms in total. The first-order valence-corrected chi connectivity index (χ1v) is 10.6. The number of hydrogen-bond donors (Lipinski definition) is 0. The Hall–Kier alpha value is -1.31. The van der Waals surface area contributed by atoms with Crippen LogP contribution in [-0.4, -0.2) is 15.1 Å². The second-order valence-electron chi connectivity index (χ2n) is 5.78. The van der Waals surface area contributed by atoms with Gasteiger partial charge in [-0.05, 0) is 29.8 Å². The van der Waals surface area contributed by atoms with Gasteiger partial charge >= 0.3 is 0 Å². The summed E-state index contributed by atoms with van der Waals surface area (Å²) in [5.41, 5.74) is 1.49. The second-order valence-corrected chi connectivity index (χ2v) is 9.16. The molecule has 0 bridgehead atoms. The van der Waals surface area contributed by atoms with Crippen LogP contribution in [0.15, 0.2) is 56.3 Å². The third-order valence-electron chi connectivity index (χ3n) is 4.04. The molecule has 2 heterocycles. The molecule has 0 spiro atoms. The monoisotopic (exact) mass is 497 g/mol. The summed E-state index contributed by atoms with van der Waals surface area (Å²) in [6, 6.07) is 13.0. The number of hydrogen-bond acceptors (Lipinski definition) is 4. The van der Waals surface area contributed by atoms with Crippen molar-refractivity contribution in [3.63, 3.8) is 0 Å². The fourth-order valence-electron chi connectivity index (χ4n) is 2.70. The molecule has 8 heteroatoms. The Labute approximate surface area is 183 Å². The third-order valence-corrected chi connectivity index (χ3v) is 6.67.